The van der Waals surface area contributed by atoms with Crippen LogP contribution in [0.5, 0.6) is 5.75 Å². The van der Waals surface area contributed by atoms with E-state index in [0.717, 1.165) is 17.9 Å². The van der Waals surface area contributed by atoms with Crippen LogP contribution < -0.4 is 20.9 Å². The van der Waals surface area contributed by atoms with Gasteiger partial charge in [0.2, 0.25) is 5.91 Å². The summed E-state index contributed by atoms with van der Waals surface area (Å²) in [6, 6.07) is 26.8. The van der Waals surface area contributed by atoms with E-state index < -0.39 is 0 Å². The van der Waals surface area contributed by atoms with Crippen LogP contribution in [-0.4, -0.2) is 41.9 Å². The molecule has 1 saturated heterocycles. The van der Waals surface area contributed by atoms with Crippen molar-refractivity contribution in [1.29, 1.82) is 0 Å². The molecule has 1 aliphatic rings. The molecule has 5 rings (SSSR count). The number of nitrogens with one attached hydrogen (secondary N) is 2. The van der Waals surface area contributed by atoms with Gasteiger partial charge in [0.25, 0.3) is 5.56 Å². The number of hydrogen-bond donors (Lipinski definition) is 2. The fourth-order valence-corrected chi connectivity index (χ4v) is 6.26. The molecule has 0 spiro atoms. The summed E-state index contributed by atoms with van der Waals surface area (Å²) >= 11 is 7.54. The summed E-state index contributed by atoms with van der Waals surface area (Å²) < 4.78 is 6.72. The SMILES string of the molecule is COc1ccc(-n2nc(Sc3ccc(Cl)cc3)cc(CC[C@@H](C)NC(=O)[C@@H]3CNCC[C@@H]3c3ccccc3)c2=O)cc1. The highest BCUT2D eigenvalue weighted by atomic mass is 35.5. The Morgan fingerprint density at radius 3 is 2.57 bits per heavy atom. The van der Waals surface area contributed by atoms with E-state index in [-0.39, 0.29) is 29.3 Å². The van der Waals surface area contributed by atoms with Crippen LogP contribution in [0.3, 0.4) is 0 Å². The van der Waals surface area contributed by atoms with E-state index in [9.17, 15) is 9.59 Å². The first-order valence-corrected chi connectivity index (χ1v) is 15.4. The van der Waals surface area contributed by atoms with Gasteiger partial charge in [0.15, 0.2) is 0 Å². The summed E-state index contributed by atoms with van der Waals surface area (Å²) in [5.41, 5.74) is 2.31. The topological polar surface area (TPSA) is 85.2 Å². The second kappa shape index (κ2) is 14.1. The summed E-state index contributed by atoms with van der Waals surface area (Å²) in [5, 5.41) is 12.6. The van der Waals surface area contributed by atoms with Gasteiger partial charge in [-0.3, -0.25) is 9.59 Å². The van der Waals surface area contributed by atoms with Gasteiger partial charge in [-0.05, 0) is 98.8 Å². The second-order valence-corrected chi connectivity index (χ2v) is 12.1. The molecule has 0 saturated carbocycles. The summed E-state index contributed by atoms with van der Waals surface area (Å²) in [6.45, 7) is 3.55. The second-order valence-electron chi connectivity index (χ2n) is 10.5. The van der Waals surface area contributed by atoms with E-state index in [4.69, 9.17) is 16.3 Å². The van der Waals surface area contributed by atoms with Gasteiger partial charge in [0, 0.05) is 28.1 Å². The Kier molecular flexibility index (Phi) is 10.00. The van der Waals surface area contributed by atoms with E-state index in [2.05, 4.69) is 27.9 Å². The lowest BCUT2D eigenvalue weighted by Crippen LogP contribution is -2.47. The van der Waals surface area contributed by atoms with Crippen molar-refractivity contribution < 1.29 is 9.53 Å². The Hall–Kier alpha value is -3.59. The molecule has 4 aromatic rings. The van der Waals surface area contributed by atoms with E-state index in [1.807, 2.05) is 79.7 Å². The predicted molar refractivity (Wildman–Crippen MR) is 168 cm³/mol. The molecule has 1 fully saturated rings. The van der Waals surface area contributed by atoms with E-state index >= 15 is 0 Å². The van der Waals surface area contributed by atoms with Crippen molar-refractivity contribution in [2.24, 2.45) is 5.92 Å². The first kappa shape index (κ1) is 29.9. The quantitative estimate of drug-likeness (QED) is 0.236. The lowest BCUT2D eigenvalue weighted by molar-refractivity contribution is -0.126. The molecule has 2 N–H and O–H groups in total. The number of benzene rings is 3. The van der Waals surface area contributed by atoms with Crippen LogP contribution in [-0.2, 0) is 11.2 Å². The fraction of sp³-hybridized carbons (Fsp3) is 0.303. The van der Waals surface area contributed by atoms with E-state index in [0.29, 0.717) is 46.4 Å². The first-order valence-electron chi connectivity index (χ1n) is 14.2. The van der Waals surface area contributed by atoms with Crippen molar-refractivity contribution in [2.75, 3.05) is 20.2 Å². The number of carbonyl (C=O) groups excluding carboxylic acids is 1. The third-order valence-corrected chi connectivity index (χ3v) is 8.77. The van der Waals surface area contributed by atoms with Gasteiger partial charge in [-0.1, -0.05) is 53.7 Å². The number of carbonyl (C=O) groups is 1. The molecular weight excluding hydrogens is 568 g/mol. The molecule has 9 heteroatoms. The molecule has 3 atom stereocenters. The van der Waals surface area contributed by atoms with Crippen LogP contribution in [0.2, 0.25) is 5.02 Å². The van der Waals surface area contributed by atoms with Gasteiger partial charge < -0.3 is 15.4 Å². The van der Waals surface area contributed by atoms with Crippen LogP contribution in [0, 0.1) is 5.92 Å². The maximum Gasteiger partial charge on any atom is 0.274 e. The Morgan fingerprint density at radius 2 is 1.86 bits per heavy atom. The molecule has 1 aromatic heterocycles. The smallest absolute Gasteiger partial charge is 0.274 e. The molecule has 0 unspecified atom stereocenters. The highest BCUT2D eigenvalue weighted by Gasteiger charge is 2.32. The number of halogens is 1. The molecule has 0 bridgehead atoms. The van der Waals surface area contributed by atoms with Gasteiger partial charge in [-0.15, -0.1) is 0 Å². The number of rotatable bonds is 10. The number of aryl methyl sites for hydroxylation is 1. The van der Waals surface area contributed by atoms with Crippen molar-refractivity contribution in [3.63, 3.8) is 0 Å². The number of piperidine rings is 1. The number of nitrogens with zero attached hydrogens (tertiary/aromatic N) is 2. The minimum Gasteiger partial charge on any atom is -0.497 e. The monoisotopic (exact) mass is 602 g/mol. The van der Waals surface area contributed by atoms with Gasteiger partial charge in [-0.2, -0.15) is 9.78 Å². The average molecular weight is 603 g/mol. The number of hydrogen-bond acceptors (Lipinski definition) is 6. The van der Waals surface area contributed by atoms with Crippen molar-refractivity contribution in [3.8, 4) is 11.4 Å². The zero-order valence-electron chi connectivity index (χ0n) is 23.8. The molecule has 7 nitrogen and oxygen atoms in total. The zero-order chi connectivity index (χ0) is 29.5. The predicted octanol–water partition coefficient (Wildman–Crippen LogP) is 5.88. The summed E-state index contributed by atoms with van der Waals surface area (Å²) in [5.74, 6) is 0.794. The highest BCUT2D eigenvalue weighted by molar-refractivity contribution is 7.99. The molecule has 1 aliphatic heterocycles. The maximum atomic E-state index is 13.6. The summed E-state index contributed by atoms with van der Waals surface area (Å²) in [7, 11) is 1.60. The minimum absolute atomic E-state index is 0.0490. The molecule has 0 radical (unpaired) electrons. The number of methoxy groups -OCH3 is 1. The van der Waals surface area contributed by atoms with Crippen LogP contribution in [0.1, 0.15) is 36.8 Å². The molecule has 42 heavy (non-hydrogen) atoms. The van der Waals surface area contributed by atoms with E-state index in [1.54, 1.807) is 7.11 Å². The van der Waals surface area contributed by atoms with Crippen LogP contribution >= 0.6 is 23.4 Å². The Morgan fingerprint density at radius 1 is 1.12 bits per heavy atom. The summed E-state index contributed by atoms with van der Waals surface area (Å²) in [4.78, 5) is 28.0. The lowest BCUT2D eigenvalue weighted by atomic mass is 9.80. The molecular formula is C33H35ClN4O3S. The maximum absolute atomic E-state index is 13.6. The number of amides is 1. The van der Waals surface area contributed by atoms with E-state index in [1.165, 1.54) is 22.0 Å². The zero-order valence-corrected chi connectivity index (χ0v) is 25.3. The third kappa shape index (κ3) is 7.43. The van der Waals surface area contributed by atoms with Crippen molar-refractivity contribution >= 4 is 29.3 Å². The Bertz CT molecular complexity index is 1540. The normalized spacial score (nSPS) is 17.4. The van der Waals surface area contributed by atoms with Crippen molar-refractivity contribution in [1.82, 2.24) is 20.4 Å². The molecule has 3 aromatic carbocycles. The molecule has 0 aliphatic carbocycles. The van der Waals surface area contributed by atoms with Crippen molar-refractivity contribution in [2.45, 2.75) is 48.1 Å². The van der Waals surface area contributed by atoms with Crippen molar-refractivity contribution in [3.05, 3.63) is 111 Å². The number of aromatic nitrogens is 2. The van der Waals surface area contributed by atoms with Crippen LogP contribution in [0.25, 0.3) is 5.69 Å². The van der Waals surface area contributed by atoms with Crippen LogP contribution in [0.4, 0.5) is 0 Å². The van der Waals surface area contributed by atoms with Gasteiger partial charge in [0.1, 0.15) is 10.8 Å². The van der Waals surface area contributed by atoms with Gasteiger partial charge in [-0.25, -0.2) is 0 Å². The minimum atomic E-state index is -0.181. The lowest BCUT2D eigenvalue weighted by Gasteiger charge is -2.32. The fourth-order valence-electron chi connectivity index (χ4n) is 5.30. The molecule has 1 amide bonds. The van der Waals surface area contributed by atoms with Gasteiger partial charge in [0.05, 0.1) is 18.7 Å². The van der Waals surface area contributed by atoms with Gasteiger partial charge >= 0.3 is 0 Å². The molecule has 218 valence electrons. The summed E-state index contributed by atoms with van der Waals surface area (Å²) in [6.07, 6.45) is 2.04. The standard InChI is InChI=1S/C33H35ClN4O3S/c1-22(36-32(39)30-21-35-19-18-29(30)23-6-4-3-5-7-23)8-9-24-20-31(42-28-16-10-25(34)11-17-28)37-38(33(24)40)26-12-14-27(41-2)15-13-26/h3-7,10-17,20,22,29-30,35H,8-9,18-19,21H2,1-2H3,(H,36,39)/t22-,29-,30-/m1/s1. The third-order valence-electron chi connectivity index (χ3n) is 7.60. The highest BCUT2D eigenvalue weighted by Crippen LogP contribution is 2.31. The Labute approximate surface area is 255 Å². The average Bonchev–Trinajstić information content (AvgIpc) is 3.02. The molecule has 2 heterocycles. The first-order chi connectivity index (χ1) is 20.4. The Balaban J connectivity index is 1.33. The number of ether oxygens (including phenoxy) is 1. The largest absolute Gasteiger partial charge is 0.497 e. The van der Waals surface area contributed by atoms with Crippen LogP contribution in [0.15, 0.2) is 99.6 Å².